The summed E-state index contributed by atoms with van der Waals surface area (Å²) >= 11 is 0. The number of nitrogens with two attached hydrogens (primary N) is 1. The van der Waals surface area contributed by atoms with Gasteiger partial charge in [0, 0.05) is 6.42 Å². The first-order chi connectivity index (χ1) is 12.4. The van der Waals surface area contributed by atoms with E-state index >= 15 is 0 Å². The Morgan fingerprint density at radius 1 is 0.741 bits per heavy atom. The summed E-state index contributed by atoms with van der Waals surface area (Å²) in [6.45, 7) is 6.18. The minimum atomic E-state index is 0. The third kappa shape index (κ3) is 19.0. The van der Waals surface area contributed by atoms with Crippen molar-refractivity contribution in [1.29, 1.82) is 0 Å². The monoisotopic (exact) mass is 404 g/mol. The summed E-state index contributed by atoms with van der Waals surface area (Å²) in [7, 11) is 4.03. The predicted molar refractivity (Wildman–Crippen MR) is 115 cm³/mol. The first-order valence-corrected chi connectivity index (χ1v) is 11.5. The Morgan fingerprint density at radius 3 is 1.56 bits per heavy atom. The fourth-order valence-electron chi connectivity index (χ4n) is 3.51. The summed E-state index contributed by atoms with van der Waals surface area (Å²) < 4.78 is 0.495. The normalized spacial score (nSPS) is 11.6. The second kappa shape index (κ2) is 19.2. The Balaban J connectivity index is 0. The van der Waals surface area contributed by atoms with E-state index in [1.165, 1.54) is 77.0 Å². The molecule has 4 heteroatoms. The lowest BCUT2D eigenvalue weighted by atomic mass is 10.0. The molecule has 0 rings (SSSR count). The zero-order valence-corrected chi connectivity index (χ0v) is 19.7. The van der Waals surface area contributed by atoms with Crippen molar-refractivity contribution in [3.05, 3.63) is 0 Å². The second-order valence-electron chi connectivity index (χ2n) is 9.12. The molecular formula is C23H49ClN2O. The van der Waals surface area contributed by atoms with Gasteiger partial charge in [-0.3, -0.25) is 4.48 Å². The summed E-state index contributed by atoms with van der Waals surface area (Å²) in [4.78, 5) is 12.2. The van der Waals surface area contributed by atoms with Crippen molar-refractivity contribution in [2.24, 2.45) is 11.7 Å². The lowest BCUT2D eigenvalue weighted by molar-refractivity contribution is -0.814. The van der Waals surface area contributed by atoms with Crippen molar-refractivity contribution in [2.45, 2.75) is 110 Å². The van der Waals surface area contributed by atoms with Gasteiger partial charge < -0.3 is 18.1 Å². The number of nitrogens with zero attached hydrogens (tertiary/aromatic N) is 1. The average molecular weight is 405 g/mol. The summed E-state index contributed by atoms with van der Waals surface area (Å²) in [6.07, 6.45) is 19.3. The molecule has 0 unspecified atom stereocenters. The van der Waals surface area contributed by atoms with E-state index in [9.17, 15) is 4.79 Å². The molecule has 0 saturated carbocycles. The van der Waals surface area contributed by atoms with Gasteiger partial charge in [-0.2, -0.15) is 0 Å². The van der Waals surface area contributed by atoms with E-state index in [0.29, 0.717) is 16.9 Å². The SMILES string of the molecule is CC(C)CCCCCCCCCCCCCCC(=O)[N+](C)(C)CCCN.[Cl-]. The highest BCUT2D eigenvalue weighted by molar-refractivity contribution is 5.68. The van der Waals surface area contributed by atoms with Crippen molar-refractivity contribution in [3.8, 4) is 0 Å². The standard InChI is InChI=1S/C23H49N2O.ClH/c1-22(2)18-15-13-11-9-7-5-6-8-10-12-14-16-19-23(26)25(3,4)21-17-20-24;/h22H,5-21,24H2,1-4H3;1H/q+1;/p-1. The molecule has 0 aromatic carbocycles. The molecule has 0 aliphatic rings. The largest absolute Gasteiger partial charge is 1.00 e. The van der Waals surface area contributed by atoms with Crippen LogP contribution < -0.4 is 18.1 Å². The molecule has 164 valence electrons. The van der Waals surface area contributed by atoms with Crippen LogP contribution in [0.1, 0.15) is 110 Å². The van der Waals surface area contributed by atoms with E-state index in [2.05, 4.69) is 13.8 Å². The Kier molecular flexibility index (Phi) is 20.7. The first-order valence-electron chi connectivity index (χ1n) is 11.5. The van der Waals surface area contributed by atoms with Crippen LogP contribution in [-0.4, -0.2) is 37.6 Å². The number of hydrogen-bond acceptors (Lipinski definition) is 2. The summed E-state index contributed by atoms with van der Waals surface area (Å²) in [6, 6.07) is 0. The van der Waals surface area contributed by atoms with Crippen LogP contribution in [0.25, 0.3) is 0 Å². The van der Waals surface area contributed by atoms with Gasteiger partial charge in [0.1, 0.15) is 0 Å². The topological polar surface area (TPSA) is 43.1 Å². The van der Waals surface area contributed by atoms with Gasteiger partial charge in [0.05, 0.1) is 27.1 Å². The number of carbonyl (C=O) groups excluding carboxylic acids is 1. The predicted octanol–water partition coefficient (Wildman–Crippen LogP) is 3.06. The van der Waals surface area contributed by atoms with Crippen LogP contribution in [0.5, 0.6) is 0 Å². The van der Waals surface area contributed by atoms with Crippen LogP contribution >= 0.6 is 0 Å². The van der Waals surface area contributed by atoms with Crippen molar-refractivity contribution in [1.82, 2.24) is 0 Å². The molecule has 0 aliphatic carbocycles. The van der Waals surface area contributed by atoms with Gasteiger partial charge >= 0.3 is 5.91 Å². The van der Waals surface area contributed by atoms with E-state index in [1.54, 1.807) is 0 Å². The third-order valence-corrected chi connectivity index (χ3v) is 5.52. The Labute approximate surface area is 176 Å². The Morgan fingerprint density at radius 2 is 1.15 bits per heavy atom. The van der Waals surface area contributed by atoms with Gasteiger partial charge in [-0.15, -0.1) is 0 Å². The highest BCUT2D eigenvalue weighted by atomic mass is 35.5. The van der Waals surface area contributed by atoms with Crippen LogP contribution in [0.3, 0.4) is 0 Å². The van der Waals surface area contributed by atoms with Crippen LogP contribution in [0, 0.1) is 5.92 Å². The lowest BCUT2D eigenvalue weighted by Crippen LogP contribution is -3.00. The minimum Gasteiger partial charge on any atom is -1.00 e. The molecular weight excluding hydrogens is 356 g/mol. The van der Waals surface area contributed by atoms with Crippen LogP contribution in [-0.2, 0) is 4.79 Å². The van der Waals surface area contributed by atoms with E-state index < -0.39 is 0 Å². The lowest BCUT2D eigenvalue weighted by Gasteiger charge is -2.26. The molecule has 0 radical (unpaired) electrons. The molecule has 0 spiro atoms. The van der Waals surface area contributed by atoms with Gasteiger partial charge in [-0.25, -0.2) is 4.79 Å². The second-order valence-corrected chi connectivity index (χ2v) is 9.12. The smallest absolute Gasteiger partial charge is 0.313 e. The molecule has 0 fully saturated rings. The molecule has 27 heavy (non-hydrogen) atoms. The van der Waals surface area contributed by atoms with Crippen molar-refractivity contribution in [2.75, 3.05) is 27.2 Å². The fourth-order valence-corrected chi connectivity index (χ4v) is 3.51. The highest BCUT2D eigenvalue weighted by Gasteiger charge is 2.24. The Bertz CT molecular complexity index is 332. The molecule has 0 atom stereocenters. The zero-order valence-electron chi connectivity index (χ0n) is 18.9. The quantitative estimate of drug-likeness (QED) is 0.282. The van der Waals surface area contributed by atoms with Crippen LogP contribution in [0.15, 0.2) is 0 Å². The first kappa shape index (κ1) is 29.1. The maximum Gasteiger partial charge on any atom is 0.313 e. The molecule has 0 aromatic rings. The molecule has 0 aliphatic heterocycles. The van der Waals surface area contributed by atoms with Crippen molar-refractivity contribution in [3.63, 3.8) is 0 Å². The number of carbonyl (C=O) groups is 1. The molecule has 2 N–H and O–H groups in total. The summed E-state index contributed by atoms with van der Waals surface area (Å²) in [5.74, 6) is 1.24. The van der Waals surface area contributed by atoms with Gasteiger partial charge in [0.15, 0.2) is 0 Å². The summed E-state index contributed by atoms with van der Waals surface area (Å²) in [5.41, 5.74) is 5.55. The number of unbranched alkanes of at least 4 members (excludes halogenated alkanes) is 11. The van der Waals surface area contributed by atoms with Crippen molar-refractivity contribution >= 4 is 5.91 Å². The van der Waals surface area contributed by atoms with E-state index in [0.717, 1.165) is 31.7 Å². The maximum absolute atomic E-state index is 12.2. The third-order valence-electron chi connectivity index (χ3n) is 5.52. The molecule has 0 aromatic heterocycles. The fraction of sp³-hybridized carbons (Fsp3) is 0.957. The number of rotatable bonds is 18. The zero-order chi connectivity index (χ0) is 19.7. The number of amides is 1. The highest BCUT2D eigenvalue weighted by Crippen LogP contribution is 2.15. The maximum atomic E-state index is 12.2. The van der Waals surface area contributed by atoms with Gasteiger partial charge in [-0.1, -0.05) is 90.9 Å². The van der Waals surface area contributed by atoms with Gasteiger partial charge in [0.25, 0.3) is 0 Å². The van der Waals surface area contributed by atoms with Crippen LogP contribution in [0.4, 0.5) is 0 Å². The minimum absolute atomic E-state index is 0. The molecule has 0 heterocycles. The van der Waals surface area contributed by atoms with E-state index in [1.807, 2.05) is 14.1 Å². The molecule has 0 bridgehead atoms. The van der Waals surface area contributed by atoms with E-state index in [4.69, 9.17) is 5.73 Å². The molecule has 3 nitrogen and oxygen atoms in total. The molecule has 1 amide bonds. The number of halogens is 1. The van der Waals surface area contributed by atoms with Gasteiger partial charge in [0.2, 0.25) is 0 Å². The molecule has 0 saturated heterocycles. The van der Waals surface area contributed by atoms with Gasteiger partial charge in [-0.05, 0) is 18.9 Å². The summed E-state index contributed by atoms with van der Waals surface area (Å²) in [5, 5.41) is 0. The Hall–Kier alpha value is -0.120. The average Bonchev–Trinajstić information content (AvgIpc) is 2.59. The van der Waals surface area contributed by atoms with Crippen LogP contribution in [0.2, 0.25) is 0 Å². The number of hydrogen-bond donors (Lipinski definition) is 1. The van der Waals surface area contributed by atoms with E-state index in [-0.39, 0.29) is 12.4 Å². The number of quaternary nitrogens is 1. The van der Waals surface area contributed by atoms with Crippen molar-refractivity contribution < 1.29 is 21.7 Å².